The summed E-state index contributed by atoms with van der Waals surface area (Å²) < 4.78 is 6.87. The van der Waals surface area contributed by atoms with Crippen molar-refractivity contribution in [3.8, 4) is 0 Å². The molecule has 2 aromatic rings. The number of carbonyl (C=O) groups is 2. The highest BCUT2D eigenvalue weighted by Gasteiger charge is 2.42. The second-order valence-electron chi connectivity index (χ2n) is 8.77. The molecule has 2 aliphatic rings. The Kier molecular flexibility index (Phi) is 8.77. The van der Waals surface area contributed by atoms with Crippen molar-refractivity contribution >= 4 is 11.9 Å². The van der Waals surface area contributed by atoms with E-state index in [0.717, 1.165) is 26.2 Å². The van der Waals surface area contributed by atoms with Crippen molar-refractivity contribution < 1.29 is 24.5 Å². The van der Waals surface area contributed by atoms with Gasteiger partial charge in [-0.25, -0.2) is 9.59 Å². The van der Waals surface area contributed by atoms with Crippen molar-refractivity contribution in [1.29, 1.82) is 0 Å². The SMILES string of the molecule is CN1CC2CN(C)CC(C1)C2OC(c1ccccc1)c1ccccc1.O=C(O)C=CC(=O)O. The molecule has 7 heteroatoms. The molecule has 0 spiro atoms. The lowest BCUT2D eigenvalue weighted by Crippen LogP contribution is -2.59. The van der Waals surface area contributed by atoms with E-state index in [9.17, 15) is 9.59 Å². The molecule has 2 N–H and O–H groups in total. The third-order valence-corrected chi connectivity index (χ3v) is 5.98. The fourth-order valence-corrected chi connectivity index (χ4v) is 4.79. The van der Waals surface area contributed by atoms with E-state index in [1.54, 1.807) is 0 Å². The standard InChI is InChI=1S/C22H28N2O.C4H4O4/c1-23-13-19-15-24(2)16-20(14-23)22(19)25-21(17-9-5-3-6-10-17)18-11-7-4-8-12-18;5-3(6)1-2-4(7)8/h3-12,19-22H,13-16H2,1-2H3;1-2H,(H,5,6)(H,7,8). The number of piperidine rings is 2. The number of aliphatic carboxylic acids is 2. The highest BCUT2D eigenvalue weighted by atomic mass is 16.5. The van der Waals surface area contributed by atoms with Crippen LogP contribution in [-0.4, -0.2) is 78.3 Å². The summed E-state index contributed by atoms with van der Waals surface area (Å²) in [4.78, 5) is 24.1. The normalized spacial score (nSPS) is 23.2. The number of likely N-dealkylation sites (tertiary alicyclic amines) is 2. The van der Waals surface area contributed by atoms with Gasteiger partial charge in [0.15, 0.2) is 0 Å². The highest BCUT2D eigenvalue weighted by molar-refractivity contribution is 5.89. The largest absolute Gasteiger partial charge is 0.478 e. The fraction of sp³-hybridized carbons (Fsp3) is 0.385. The molecule has 0 unspecified atom stereocenters. The minimum atomic E-state index is -1.26. The Bertz CT molecular complexity index is 849. The molecule has 2 aromatic carbocycles. The summed E-state index contributed by atoms with van der Waals surface area (Å²) in [6.45, 7) is 4.51. The summed E-state index contributed by atoms with van der Waals surface area (Å²) in [6.07, 6.45) is 1.46. The Labute approximate surface area is 194 Å². The summed E-state index contributed by atoms with van der Waals surface area (Å²) in [7, 11) is 4.49. The molecular weight excluding hydrogens is 420 g/mol. The maximum absolute atomic E-state index is 9.55. The van der Waals surface area contributed by atoms with Crippen LogP contribution in [0.3, 0.4) is 0 Å². The average Bonchev–Trinajstić information content (AvgIpc) is 2.78. The van der Waals surface area contributed by atoms with Gasteiger partial charge in [0.2, 0.25) is 0 Å². The van der Waals surface area contributed by atoms with Crippen molar-refractivity contribution in [2.75, 3.05) is 40.3 Å². The Hall–Kier alpha value is -3.00. The monoisotopic (exact) mass is 452 g/mol. The molecule has 0 atom stereocenters. The van der Waals surface area contributed by atoms with Crippen LogP contribution in [-0.2, 0) is 14.3 Å². The zero-order valence-electron chi connectivity index (χ0n) is 19.1. The van der Waals surface area contributed by atoms with Crippen molar-refractivity contribution in [2.45, 2.75) is 12.2 Å². The number of rotatable bonds is 6. The van der Waals surface area contributed by atoms with Gasteiger partial charge in [0.1, 0.15) is 6.10 Å². The predicted molar refractivity (Wildman–Crippen MR) is 126 cm³/mol. The summed E-state index contributed by atoms with van der Waals surface area (Å²) in [5, 5.41) is 15.6. The lowest BCUT2D eigenvalue weighted by atomic mass is 9.81. The first-order chi connectivity index (χ1) is 15.8. The van der Waals surface area contributed by atoms with Crippen LogP contribution >= 0.6 is 0 Å². The van der Waals surface area contributed by atoms with Gasteiger partial charge in [0.25, 0.3) is 0 Å². The van der Waals surface area contributed by atoms with Crippen LogP contribution < -0.4 is 0 Å². The lowest BCUT2D eigenvalue weighted by molar-refractivity contribution is -0.134. The Balaban J connectivity index is 0.000000331. The van der Waals surface area contributed by atoms with Gasteiger partial charge in [0, 0.05) is 50.2 Å². The molecule has 2 aliphatic heterocycles. The highest BCUT2D eigenvalue weighted by Crippen LogP contribution is 2.36. The molecule has 33 heavy (non-hydrogen) atoms. The fourth-order valence-electron chi connectivity index (χ4n) is 4.79. The topological polar surface area (TPSA) is 90.3 Å². The molecule has 176 valence electrons. The number of hydrogen-bond donors (Lipinski definition) is 2. The quantitative estimate of drug-likeness (QED) is 0.651. The van der Waals surface area contributed by atoms with Gasteiger partial charge >= 0.3 is 11.9 Å². The van der Waals surface area contributed by atoms with E-state index in [-0.39, 0.29) is 6.10 Å². The van der Waals surface area contributed by atoms with Crippen molar-refractivity contribution in [3.05, 3.63) is 83.9 Å². The van der Waals surface area contributed by atoms with Crippen LogP contribution in [0.1, 0.15) is 17.2 Å². The maximum Gasteiger partial charge on any atom is 0.328 e. The number of ether oxygens (including phenoxy) is 1. The van der Waals surface area contributed by atoms with Crippen LogP contribution in [0.15, 0.2) is 72.8 Å². The predicted octanol–water partition coefficient (Wildman–Crippen LogP) is 3.00. The van der Waals surface area contributed by atoms with Gasteiger partial charge < -0.3 is 24.7 Å². The average molecular weight is 453 g/mol. The summed E-state index contributed by atoms with van der Waals surface area (Å²) >= 11 is 0. The molecule has 0 saturated carbocycles. The minimum Gasteiger partial charge on any atom is -0.478 e. The third kappa shape index (κ3) is 7.25. The van der Waals surface area contributed by atoms with Gasteiger partial charge in [-0.15, -0.1) is 0 Å². The second kappa shape index (κ2) is 11.7. The number of carboxylic acid groups (broad SMARTS) is 2. The molecular formula is C26H32N2O5. The van der Waals surface area contributed by atoms with Gasteiger partial charge in [0.05, 0.1) is 6.10 Å². The molecule has 4 rings (SSSR count). The molecule has 2 saturated heterocycles. The Morgan fingerprint density at radius 1 is 0.788 bits per heavy atom. The first-order valence-electron chi connectivity index (χ1n) is 11.1. The zero-order valence-corrected chi connectivity index (χ0v) is 19.1. The molecule has 0 aromatic heterocycles. The van der Waals surface area contributed by atoms with Crippen LogP contribution in [0.5, 0.6) is 0 Å². The first kappa shape index (κ1) is 24.6. The van der Waals surface area contributed by atoms with Gasteiger partial charge in [-0.2, -0.15) is 0 Å². The van der Waals surface area contributed by atoms with Gasteiger partial charge in [-0.3, -0.25) is 0 Å². The van der Waals surface area contributed by atoms with E-state index in [1.165, 1.54) is 11.1 Å². The van der Waals surface area contributed by atoms with Crippen LogP contribution in [0, 0.1) is 11.8 Å². The van der Waals surface area contributed by atoms with E-state index in [0.29, 0.717) is 30.1 Å². The number of hydrogen-bond acceptors (Lipinski definition) is 5. The summed E-state index contributed by atoms with van der Waals surface area (Å²) in [6, 6.07) is 21.3. The van der Waals surface area contributed by atoms with Crippen LogP contribution in [0.4, 0.5) is 0 Å². The van der Waals surface area contributed by atoms with E-state index in [4.69, 9.17) is 14.9 Å². The third-order valence-electron chi connectivity index (χ3n) is 5.98. The minimum absolute atomic E-state index is 0.0178. The van der Waals surface area contributed by atoms with Crippen molar-refractivity contribution in [2.24, 2.45) is 11.8 Å². The molecule has 0 aliphatic carbocycles. The van der Waals surface area contributed by atoms with E-state index in [2.05, 4.69) is 84.6 Å². The summed E-state index contributed by atoms with van der Waals surface area (Å²) in [5.74, 6) is -1.35. The van der Waals surface area contributed by atoms with Crippen molar-refractivity contribution in [3.63, 3.8) is 0 Å². The van der Waals surface area contributed by atoms with E-state index < -0.39 is 11.9 Å². The molecule has 2 bridgehead atoms. The number of carboxylic acids is 2. The molecule has 7 nitrogen and oxygen atoms in total. The van der Waals surface area contributed by atoms with E-state index in [1.807, 2.05) is 0 Å². The smallest absolute Gasteiger partial charge is 0.328 e. The van der Waals surface area contributed by atoms with Crippen molar-refractivity contribution in [1.82, 2.24) is 9.80 Å². The summed E-state index contributed by atoms with van der Waals surface area (Å²) in [5.41, 5.74) is 2.50. The maximum atomic E-state index is 9.55. The first-order valence-corrected chi connectivity index (χ1v) is 11.1. The zero-order chi connectivity index (χ0) is 23.8. The van der Waals surface area contributed by atoms with E-state index >= 15 is 0 Å². The molecule has 0 amide bonds. The molecule has 0 radical (unpaired) electrons. The Morgan fingerprint density at radius 3 is 1.48 bits per heavy atom. The van der Waals surface area contributed by atoms with Crippen LogP contribution in [0.25, 0.3) is 0 Å². The number of benzene rings is 2. The molecule has 2 heterocycles. The number of nitrogens with zero attached hydrogens (tertiary/aromatic N) is 2. The van der Waals surface area contributed by atoms with Gasteiger partial charge in [-0.05, 0) is 25.2 Å². The Morgan fingerprint density at radius 2 is 1.15 bits per heavy atom. The van der Waals surface area contributed by atoms with Gasteiger partial charge in [-0.1, -0.05) is 60.7 Å². The second-order valence-corrected chi connectivity index (χ2v) is 8.77. The van der Waals surface area contributed by atoms with Crippen LogP contribution in [0.2, 0.25) is 0 Å². The number of fused-ring (bicyclic) bond motifs is 2. The lowest BCUT2D eigenvalue weighted by Gasteiger charge is -2.49. The molecule has 2 fully saturated rings.